The molecule has 600 valence electrons. The van der Waals surface area contributed by atoms with Crippen molar-refractivity contribution >= 4 is 53.9 Å². The second kappa shape index (κ2) is 30.1. The summed E-state index contributed by atoms with van der Waals surface area (Å²) in [5.74, 6) is 0. The highest BCUT2D eigenvalue weighted by Crippen LogP contribution is 2.62. The summed E-state index contributed by atoms with van der Waals surface area (Å²) in [5, 5.41) is 21.1. The molecule has 2 aliphatic heterocycles. The highest BCUT2D eigenvalue weighted by atomic mass is 14.9. The third-order valence-electron chi connectivity index (χ3n) is 30.5. The summed E-state index contributed by atoms with van der Waals surface area (Å²) in [4.78, 5) is 0. The van der Waals surface area contributed by atoms with Crippen LogP contribution in [0.4, 0.5) is 0 Å². The zero-order valence-corrected chi connectivity index (χ0v) is 72.8. The van der Waals surface area contributed by atoms with Crippen molar-refractivity contribution in [1.82, 2.24) is 10.6 Å². The van der Waals surface area contributed by atoms with E-state index in [-0.39, 0.29) is 27.1 Å². The lowest BCUT2D eigenvalue weighted by Crippen LogP contribution is -2.39. The Bertz CT molecular complexity index is 6650. The van der Waals surface area contributed by atoms with Crippen LogP contribution in [0.15, 0.2) is 279 Å². The number of benzene rings is 15. The maximum atomic E-state index is 3.57. The minimum absolute atomic E-state index is 0.186. The van der Waals surface area contributed by atoms with E-state index in [0.717, 1.165) is 26.2 Å². The van der Waals surface area contributed by atoms with Gasteiger partial charge in [-0.05, 0) is 330 Å². The first kappa shape index (κ1) is 77.1. The van der Waals surface area contributed by atoms with Crippen LogP contribution in [0.2, 0.25) is 0 Å². The maximum absolute atomic E-state index is 3.57. The lowest BCUT2D eigenvalue weighted by atomic mass is 9.66. The van der Waals surface area contributed by atoms with Gasteiger partial charge in [0, 0.05) is 21.7 Å². The molecule has 10 aliphatic rings. The topological polar surface area (TPSA) is 24.1 Å². The van der Waals surface area contributed by atoms with Crippen molar-refractivity contribution in [3.8, 4) is 55.6 Å². The molecule has 0 aromatic heterocycles. The molecule has 0 bridgehead atoms. The molecule has 2 nitrogen and oxygen atoms in total. The first-order chi connectivity index (χ1) is 58.9. The quantitative estimate of drug-likeness (QED) is 0.158. The molecule has 2 N–H and O–H groups in total. The number of rotatable bonds is 0. The second-order valence-corrected chi connectivity index (χ2v) is 38.2. The molecule has 0 amide bonds. The van der Waals surface area contributed by atoms with Gasteiger partial charge in [0.2, 0.25) is 0 Å². The summed E-state index contributed by atoms with van der Waals surface area (Å²) in [6.45, 7) is 26.5. The number of hydrogen-bond donors (Lipinski definition) is 2. The number of allylic oxidation sites excluding steroid dienone is 6. The molecule has 4 fully saturated rings. The van der Waals surface area contributed by atoms with Crippen LogP contribution in [0.25, 0.3) is 109 Å². The monoisotopic (exact) mass is 1570 g/mol. The van der Waals surface area contributed by atoms with Crippen LogP contribution in [0.1, 0.15) is 201 Å². The van der Waals surface area contributed by atoms with Crippen molar-refractivity contribution in [2.45, 2.75) is 186 Å². The Morgan fingerprint density at radius 1 is 0.215 bits per heavy atom. The van der Waals surface area contributed by atoms with Crippen molar-refractivity contribution in [3.05, 3.63) is 390 Å². The smallest absolute Gasteiger partial charge is 0.0587 e. The molecular weight excluding hydrogens is 1460 g/mol. The molecule has 25 rings (SSSR count). The van der Waals surface area contributed by atoms with E-state index >= 15 is 0 Å². The van der Waals surface area contributed by atoms with E-state index in [1.165, 1.54) is 266 Å². The molecule has 2 heteroatoms. The number of fused-ring (bicyclic) bond motifs is 34. The first-order valence-electron chi connectivity index (χ1n) is 45.7. The van der Waals surface area contributed by atoms with Crippen LogP contribution in [0, 0.1) is 69.2 Å². The van der Waals surface area contributed by atoms with E-state index in [0.29, 0.717) is 0 Å². The fourth-order valence-electron chi connectivity index (χ4n) is 24.9. The minimum atomic E-state index is -0.186. The van der Waals surface area contributed by atoms with Crippen LogP contribution >= 0.6 is 0 Å². The van der Waals surface area contributed by atoms with Crippen LogP contribution in [0.3, 0.4) is 0 Å². The Kier molecular flexibility index (Phi) is 19.2. The molecule has 2 saturated carbocycles. The summed E-state index contributed by atoms with van der Waals surface area (Å²) in [5.41, 5.74) is 44.4. The Balaban J connectivity index is 0.0000000934. The SMILES string of the molecule is Cc1ccc2c(c1)C1(C=CC=CC=C1)c1c-2ccc2cc(C)ccc12.Cc1ccc2c(c1)C1(CCCCC1)c1c-2ccc2cc(C)ccc12.Cc1ccc2c(c1)C1(CCCCC1)c1cc3cc(C)ccc3cc1-2.Cc1ccc2c(c1)C1(CCNCC1)c1c-2ccc2cc(C)ccc12.Cc1ccc2c(c1)C1(CCNCC1)c1cc(C)c3ccccc3c1-2. The van der Waals surface area contributed by atoms with Crippen LogP contribution in [-0.2, 0) is 27.1 Å². The summed E-state index contributed by atoms with van der Waals surface area (Å²) in [7, 11) is 0. The average molecular weight is 1570 g/mol. The standard InChI is InChI=1S/C25H20.2C24H24.2C23H23N/c1-17-7-10-20-19(15-17)9-12-22-21-11-8-18(2)16-23(21)25(24(20)22)13-5-3-4-6-14-25;1-16-6-9-19-18(14-16)8-11-21-20-10-7-17(2)15-22(20)24(23(19)21)12-4-3-5-13-24;1-16-6-8-18-14-21-20-9-7-17(2)13-22(20)24(10-4-3-5-11-24)23(21)15-19(18)12-16;1-15-3-6-18-17(13-15)5-8-20-19-7-4-16(2)14-21(19)23(22(18)20)9-11-24-12-10-23;1-15-7-8-19-20(13-15)23(9-11-24-12-10-23)21-14-16(2)17-5-3-4-6-18(17)22(19)21/h3-16H,1-2H3;6-11,14-15H,3-5,12-13H2,1-2H3;6-9,12-15H,3-5,10-11H2,1-2H3;2*3-8,13-14,24H,9-12H2,1-2H3. The third kappa shape index (κ3) is 12.5. The predicted octanol–water partition coefficient (Wildman–Crippen LogP) is 30.0. The summed E-state index contributed by atoms with van der Waals surface area (Å²) < 4.78 is 0. The molecule has 5 spiro atoms. The van der Waals surface area contributed by atoms with Gasteiger partial charge in [-0.2, -0.15) is 0 Å². The van der Waals surface area contributed by atoms with Gasteiger partial charge >= 0.3 is 0 Å². The largest absolute Gasteiger partial charge is 0.317 e. The number of hydrogen-bond acceptors (Lipinski definition) is 2. The van der Waals surface area contributed by atoms with Gasteiger partial charge in [-0.15, -0.1) is 0 Å². The van der Waals surface area contributed by atoms with E-state index in [1.807, 2.05) is 0 Å². The molecule has 2 saturated heterocycles. The summed E-state index contributed by atoms with van der Waals surface area (Å²) >= 11 is 0. The normalized spacial score (nSPS) is 17.6. The molecule has 121 heavy (non-hydrogen) atoms. The van der Waals surface area contributed by atoms with E-state index in [1.54, 1.807) is 44.5 Å². The zero-order chi connectivity index (χ0) is 82.3. The molecule has 2 heterocycles. The van der Waals surface area contributed by atoms with Gasteiger partial charge in [0.25, 0.3) is 0 Å². The minimum Gasteiger partial charge on any atom is -0.317 e. The molecule has 8 aliphatic carbocycles. The lowest BCUT2D eigenvalue weighted by Gasteiger charge is -2.37. The van der Waals surface area contributed by atoms with E-state index < -0.39 is 0 Å². The maximum Gasteiger partial charge on any atom is 0.0587 e. The van der Waals surface area contributed by atoms with Gasteiger partial charge in [0.15, 0.2) is 0 Å². The molecule has 0 atom stereocenters. The van der Waals surface area contributed by atoms with Crippen LogP contribution in [-0.4, -0.2) is 26.2 Å². The predicted molar refractivity (Wildman–Crippen MR) is 516 cm³/mol. The van der Waals surface area contributed by atoms with Gasteiger partial charge in [-0.1, -0.05) is 356 Å². The summed E-state index contributed by atoms with van der Waals surface area (Å²) in [6, 6.07) is 93.2. The van der Waals surface area contributed by atoms with Gasteiger partial charge in [-0.25, -0.2) is 0 Å². The number of piperidine rings is 2. The molecular formula is C119H114N2. The third-order valence-corrected chi connectivity index (χ3v) is 30.5. The van der Waals surface area contributed by atoms with Crippen molar-refractivity contribution < 1.29 is 0 Å². The highest BCUT2D eigenvalue weighted by molar-refractivity contribution is 6.06. The van der Waals surface area contributed by atoms with Gasteiger partial charge in [0.05, 0.1) is 5.41 Å². The van der Waals surface area contributed by atoms with Gasteiger partial charge < -0.3 is 10.6 Å². The Morgan fingerprint density at radius 3 is 1.06 bits per heavy atom. The van der Waals surface area contributed by atoms with E-state index in [9.17, 15) is 0 Å². The number of aryl methyl sites for hydroxylation is 10. The Labute approximate surface area is 718 Å². The fraction of sp³-hybridized carbons (Fsp3) is 0.277. The summed E-state index contributed by atoms with van der Waals surface area (Å²) in [6.07, 6.45) is 31.6. The Hall–Kier alpha value is -11.3. The van der Waals surface area contributed by atoms with E-state index in [2.05, 4.69) is 359 Å². The van der Waals surface area contributed by atoms with Crippen molar-refractivity contribution in [2.24, 2.45) is 0 Å². The highest BCUT2D eigenvalue weighted by Gasteiger charge is 2.50. The molecule has 15 aromatic carbocycles. The lowest BCUT2D eigenvalue weighted by molar-refractivity contribution is 0.353. The van der Waals surface area contributed by atoms with Crippen molar-refractivity contribution in [1.29, 1.82) is 0 Å². The zero-order valence-electron chi connectivity index (χ0n) is 72.8. The average Bonchev–Trinajstić information content (AvgIpc) is 1.58. The van der Waals surface area contributed by atoms with Crippen molar-refractivity contribution in [2.75, 3.05) is 26.2 Å². The van der Waals surface area contributed by atoms with Crippen molar-refractivity contribution in [3.63, 3.8) is 0 Å². The number of nitrogens with one attached hydrogen (secondary N) is 2. The Morgan fingerprint density at radius 2 is 0.554 bits per heavy atom. The van der Waals surface area contributed by atoms with Crippen LogP contribution < -0.4 is 10.6 Å². The van der Waals surface area contributed by atoms with E-state index in [4.69, 9.17) is 0 Å². The second-order valence-electron chi connectivity index (χ2n) is 38.2. The molecule has 0 radical (unpaired) electrons. The first-order valence-corrected chi connectivity index (χ1v) is 45.7. The molecule has 15 aromatic rings. The molecule has 0 unspecified atom stereocenters. The van der Waals surface area contributed by atoms with Gasteiger partial charge in [0.1, 0.15) is 0 Å². The fourth-order valence-corrected chi connectivity index (χ4v) is 24.9. The van der Waals surface area contributed by atoms with Crippen LogP contribution in [0.5, 0.6) is 0 Å². The van der Waals surface area contributed by atoms with Gasteiger partial charge in [-0.3, -0.25) is 0 Å².